The number of methoxy groups -OCH3 is 1. The lowest BCUT2D eigenvalue weighted by Gasteiger charge is -2.18. The van der Waals surface area contributed by atoms with Crippen LogP contribution >= 0.6 is 0 Å². The van der Waals surface area contributed by atoms with Crippen LogP contribution in [0.5, 0.6) is 0 Å². The van der Waals surface area contributed by atoms with Gasteiger partial charge in [-0.15, -0.1) is 0 Å². The average molecular weight is 289 g/mol. The van der Waals surface area contributed by atoms with Crippen LogP contribution in [0.4, 0.5) is 4.79 Å². The molecule has 0 atom stereocenters. The van der Waals surface area contributed by atoms with Gasteiger partial charge in [0.2, 0.25) is 5.91 Å². The van der Waals surface area contributed by atoms with E-state index in [1.807, 2.05) is 6.92 Å². The summed E-state index contributed by atoms with van der Waals surface area (Å²) in [5.41, 5.74) is 0. The summed E-state index contributed by atoms with van der Waals surface area (Å²) in [6.07, 6.45) is 1.78. The zero-order chi connectivity index (χ0) is 15.4. The summed E-state index contributed by atoms with van der Waals surface area (Å²) in [4.78, 5) is 35.0. The highest BCUT2D eigenvalue weighted by Gasteiger charge is 2.15. The Labute approximate surface area is 118 Å². The van der Waals surface area contributed by atoms with Gasteiger partial charge in [0.05, 0.1) is 19.7 Å². The summed E-state index contributed by atoms with van der Waals surface area (Å²) < 4.78 is 4.84. The Kier molecular flexibility index (Phi) is 10.2. The van der Waals surface area contributed by atoms with Crippen molar-refractivity contribution in [1.82, 2.24) is 15.5 Å². The molecule has 8 heteroatoms. The molecule has 116 valence electrons. The number of carbonyl (C=O) groups excluding carboxylic acids is 2. The fourth-order valence-corrected chi connectivity index (χ4v) is 1.42. The maximum Gasteiger partial charge on any atom is 0.321 e. The number of nitrogens with one attached hydrogen (secondary N) is 2. The summed E-state index contributed by atoms with van der Waals surface area (Å²) in [5, 5.41) is 13.4. The minimum Gasteiger partial charge on any atom is -0.480 e. The largest absolute Gasteiger partial charge is 0.480 e. The van der Waals surface area contributed by atoms with Gasteiger partial charge >= 0.3 is 12.0 Å². The normalized spacial score (nSPS) is 10.3. The summed E-state index contributed by atoms with van der Waals surface area (Å²) in [5.74, 6) is -1.59. The van der Waals surface area contributed by atoms with Gasteiger partial charge in [-0.05, 0) is 6.42 Å². The van der Waals surface area contributed by atoms with E-state index in [2.05, 4.69) is 10.6 Å². The number of unbranched alkanes of at least 4 members (excludes halogenated alkanes) is 1. The number of hydrogen-bond acceptors (Lipinski definition) is 5. The average Bonchev–Trinajstić information content (AvgIpc) is 2.35. The Hall–Kier alpha value is -1.67. The molecule has 0 radical (unpaired) electrons. The maximum atomic E-state index is 11.6. The number of aliphatic carboxylic acids is 1. The van der Waals surface area contributed by atoms with Crippen LogP contribution in [-0.4, -0.2) is 67.8 Å². The van der Waals surface area contributed by atoms with Crippen LogP contribution in [0, 0.1) is 0 Å². The van der Waals surface area contributed by atoms with E-state index in [0.717, 1.165) is 12.8 Å². The molecule has 0 fully saturated rings. The first-order valence-corrected chi connectivity index (χ1v) is 6.50. The Morgan fingerprint density at radius 3 is 2.50 bits per heavy atom. The number of carbonyl (C=O) groups is 3. The van der Waals surface area contributed by atoms with Crippen molar-refractivity contribution in [2.24, 2.45) is 0 Å². The SMILES string of the molecule is CCCCNC(=O)NC(=O)CN(CCOC)CC(=O)O. The van der Waals surface area contributed by atoms with E-state index in [1.165, 1.54) is 12.0 Å². The molecule has 0 aromatic rings. The molecule has 0 rings (SSSR count). The molecule has 0 aliphatic heterocycles. The van der Waals surface area contributed by atoms with Crippen molar-refractivity contribution in [2.45, 2.75) is 19.8 Å². The number of hydrogen-bond donors (Lipinski definition) is 3. The topological polar surface area (TPSA) is 108 Å². The highest BCUT2D eigenvalue weighted by Crippen LogP contribution is 1.89. The molecule has 0 heterocycles. The van der Waals surface area contributed by atoms with Gasteiger partial charge in [-0.3, -0.25) is 19.8 Å². The van der Waals surface area contributed by atoms with Crippen LogP contribution in [-0.2, 0) is 14.3 Å². The molecule has 0 aromatic heterocycles. The van der Waals surface area contributed by atoms with Gasteiger partial charge in [-0.2, -0.15) is 0 Å². The van der Waals surface area contributed by atoms with Crippen LogP contribution < -0.4 is 10.6 Å². The zero-order valence-corrected chi connectivity index (χ0v) is 12.0. The molecule has 0 saturated carbocycles. The van der Waals surface area contributed by atoms with Crippen LogP contribution in [0.15, 0.2) is 0 Å². The third kappa shape index (κ3) is 10.3. The predicted octanol–water partition coefficient (Wildman–Crippen LogP) is -0.355. The molecule has 0 bridgehead atoms. The van der Waals surface area contributed by atoms with Crippen molar-refractivity contribution in [1.29, 1.82) is 0 Å². The number of amides is 3. The summed E-state index contributed by atoms with van der Waals surface area (Å²) in [6.45, 7) is 2.64. The zero-order valence-electron chi connectivity index (χ0n) is 12.0. The first kappa shape index (κ1) is 18.3. The van der Waals surface area contributed by atoms with Crippen molar-refractivity contribution in [3.63, 3.8) is 0 Å². The highest BCUT2D eigenvalue weighted by atomic mass is 16.5. The molecule has 0 aliphatic carbocycles. The Balaban J connectivity index is 4.09. The van der Waals surface area contributed by atoms with Gasteiger partial charge < -0.3 is 15.2 Å². The summed E-state index contributed by atoms with van der Waals surface area (Å²) in [7, 11) is 1.49. The van der Waals surface area contributed by atoms with Crippen LogP contribution in [0.2, 0.25) is 0 Å². The van der Waals surface area contributed by atoms with Gasteiger partial charge in [0.1, 0.15) is 0 Å². The molecule has 0 aliphatic rings. The van der Waals surface area contributed by atoms with E-state index in [-0.39, 0.29) is 13.1 Å². The van der Waals surface area contributed by atoms with Crippen molar-refractivity contribution >= 4 is 17.9 Å². The quantitative estimate of drug-likeness (QED) is 0.474. The standard InChI is InChI=1S/C12H23N3O5/c1-3-4-5-13-12(19)14-10(16)8-15(6-7-20-2)9-11(17)18/h3-9H2,1-2H3,(H,17,18)(H2,13,14,16,19). The number of carboxylic acids is 1. The number of nitrogens with zero attached hydrogens (tertiary/aromatic N) is 1. The second-order valence-electron chi connectivity index (χ2n) is 4.25. The van der Waals surface area contributed by atoms with E-state index >= 15 is 0 Å². The monoisotopic (exact) mass is 289 g/mol. The minimum atomic E-state index is -1.04. The Morgan fingerprint density at radius 1 is 1.25 bits per heavy atom. The van der Waals surface area contributed by atoms with E-state index in [9.17, 15) is 14.4 Å². The molecular formula is C12H23N3O5. The lowest BCUT2D eigenvalue weighted by molar-refractivity contribution is -0.138. The Bertz CT molecular complexity index is 322. The van der Waals surface area contributed by atoms with Gasteiger partial charge in [0.15, 0.2) is 0 Å². The third-order valence-electron chi connectivity index (χ3n) is 2.41. The highest BCUT2D eigenvalue weighted by molar-refractivity contribution is 5.95. The van der Waals surface area contributed by atoms with E-state index in [1.54, 1.807) is 0 Å². The smallest absolute Gasteiger partial charge is 0.321 e. The molecule has 0 spiro atoms. The number of carboxylic acid groups (broad SMARTS) is 1. The van der Waals surface area contributed by atoms with Gasteiger partial charge in [0, 0.05) is 20.2 Å². The molecular weight excluding hydrogens is 266 g/mol. The molecule has 0 aromatic carbocycles. The lowest BCUT2D eigenvalue weighted by atomic mass is 10.3. The lowest BCUT2D eigenvalue weighted by Crippen LogP contribution is -2.46. The van der Waals surface area contributed by atoms with E-state index < -0.39 is 17.9 Å². The van der Waals surface area contributed by atoms with E-state index in [0.29, 0.717) is 19.7 Å². The summed E-state index contributed by atoms with van der Waals surface area (Å²) in [6, 6.07) is -0.564. The van der Waals surface area contributed by atoms with Crippen LogP contribution in [0.25, 0.3) is 0 Å². The second kappa shape index (κ2) is 11.2. The van der Waals surface area contributed by atoms with Crippen molar-refractivity contribution < 1.29 is 24.2 Å². The molecule has 20 heavy (non-hydrogen) atoms. The summed E-state index contributed by atoms with van der Waals surface area (Å²) >= 11 is 0. The Morgan fingerprint density at radius 2 is 1.95 bits per heavy atom. The van der Waals surface area contributed by atoms with Gasteiger partial charge in [-0.25, -0.2) is 4.79 Å². The number of ether oxygens (including phenoxy) is 1. The first-order chi connectivity index (χ1) is 9.49. The molecule has 3 N–H and O–H groups in total. The predicted molar refractivity (Wildman–Crippen MR) is 72.4 cm³/mol. The van der Waals surface area contributed by atoms with Crippen molar-refractivity contribution in [2.75, 3.05) is 39.9 Å². The van der Waals surface area contributed by atoms with Crippen LogP contribution in [0.1, 0.15) is 19.8 Å². The fraction of sp³-hybridized carbons (Fsp3) is 0.750. The second-order valence-corrected chi connectivity index (χ2v) is 4.25. The van der Waals surface area contributed by atoms with Crippen molar-refractivity contribution in [3.05, 3.63) is 0 Å². The van der Waals surface area contributed by atoms with Gasteiger partial charge in [0.25, 0.3) is 0 Å². The number of rotatable bonds is 10. The molecule has 0 saturated heterocycles. The van der Waals surface area contributed by atoms with Gasteiger partial charge in [-0.1, -0.05) is 13.3 Å². The number of imide groups is 1. The fourth-order valence-electron chi connectivity index (χ4n) is 1.42. The number of urea groups is 1. The minimum absolute atomic E-state index is 0.170. The molecule has 8 nitrogen and oxygen atoms in total. The maximum absolute atomic E-state index is 11.6. The molecule has 0 unspecified atom stereocenters. The molecule has 3 amide bonds. The third-order valence-corrected chi connectivity index (χ3v) is 2.41. The van der Waals surface area contributed by atoms with Crippen molar-refractivity contribution in [3.8, 4) is 0 Å². The first-order valence-electron chi connectivity index (χ1n) is 6.50. The van der Waals surface area contributed by atoms with Crippen LogP contribution in [0.3, 0.4) is 0 Å². The van der Waals surface area contributed by atoms with E-state index in [4.69, 9.17) is 9.84 Å².